The molecule has 146 valence electrons. The summed E-state index contributed by atoms with van der Waals surface area (Å²) in [4.78, 5) is 11.9. The third-order valence-electron chi connectivity index (χ3n) is 3.23. The molecule has 0 heterocycles. The first-order valence-corrected chi connectivity index (χ1v) is 9.98. The highest BCUT2D eigenvalue weighted by atomic mass is 32.2. The number of ether oxygens (including phenoxy) is 3. The first-order valence-electron chi connectivity index (χ1n) is 8.50. The summed E-state index contributed by atoms with van der Waals surface area (Å²) in [5.41, 5.74) is -0.675. The van der Waals surface area contributed by atoms with E-state index >= 15 is 0 Å². The van der Waals surface area contributed by atoms with Crippen molar-refractivity contribution < 1.29 is 27.4 Å². The minimum absolute atomic E-state index is 0.00461. The number of benzene rings is 2. The van der Waals surface area contributed by atoms with E-state index in [0.29, 0.717) is 5.75 Å². The number of sulfone groups is 1. The summed E-state index contributed by atoms with van der Waals surface area (Å²) in [5, 5.41) is 0. The summed E-state index contributed by atoms with van der Waals surface area (Å²) in [6.45, 7) is 8.96. The number of carbonyl (C=O) groups excluding carboxylic acids is 1. The van der Waals surface area contributed by atoms with Gasteiger partial charge in [-0.15, -0.1) is 0 Å². The molecule has 0 N–H and O–H groups in total. The van der Waals surface area contributed by atoms with E-state index in [1.54, 1.807) is 32.9 Å². The number of rotatable bonds is 5. The largest absolute Gasteiger partial charge is 0.514 e. The molecule has 0 aliphatic heterocycles. The van der Waals surface area contributed by atoms with Crippen LogP contribution in [0.25, 0.3) is 0 Å². The van der Waals surface area contributed by atoms with Crippen LogP contribution in [0.1, 0.15) is 34.6 Å². The summed E-state index contributed by atoms with van der Waals surface area (Å²) in [6, 6.07) is 11.8. The quantitative estimate of drug-likeness (QED) is 0.546. The van der Waals surface area contributed by atoms with E-state index in [2.05, 4.69) is 0 Å². The van der Waals surface area contributed by atoms with Crippen LogP contribution >= 0.6 is 0 Å². The van der Waals surface area contributed by atoms with Gasteiger partial charge in [-0.25, -0.2) is 13.2 Å². The van der Waals surface area contributed by atoms with Gasteiger partial charge in [-0.2, -0.15) is 0 Å². The van der Waals surface area contributed by atoms with E-state index in [1.807, 2.05) is 13.8 Å². The summed E-state index contributed by atoms with van der Waals surface area (Å²) in [6.07, 6.45) is -0.844. The van der Waals surface area contributed by atoms with E-state index in [4.69, 9.17) is 14.2 Å². The van der Waals surface area contributed by atoms with Crippen LogP contribution in [0.3, 0.4) is 0 Å². The lowest BCUT2D eigenvalue weighted by molar-refractivity contribution is 0.0206. The standard InChI is InChI=1S/C20H24O6S/c1-14(2)24-15-6-10-17(11-7-15)27(22,23)18-12-8-16(9-13-18)25-19(21)26-20(3,4)5/h6-14H,1-5H3. The molecule has 2 aromatic rings. The molecule has 0 unspecified atom stereocenters. The summed E-state index contributed by atoms with van der Waals surface area (Å²) in [5.74, 6) is 0.800. The molecule has 0 aliphatic rings. The smallest absolute Gasteiger partial charge is 0.491 e. The molecule has 27 heavy (non-hydrogen) atoms. The van der Waals surface area contributed by atoms with Crippen LogP contribution in [0.15, 0.2) is 58.3 Å². The lowest BCUT2D eigenvalue weighted by Crippen LogP contribution is -2.25. The topological polar surface area (TPSA) is 78.9 Å². The average molecular weight is 392 g/mol. The first kappa shape index (κ1) is 20.8. The average Bonchev–Trinajstić information content (AvgIpc) is 2.53. The fourth-order valence-electron chi connectivity index (χ4n) is 2.16. The Hall–Kier alpha value is -2.54. The Morgan fingerprint density at radius 1 is 0.852 bits per heavy atom. The van der Waals surface area contributed by atoms with Gasteiger partial charge in [-0.1, -0.05) is 0 Å². The van der Waals surface area contributed by atoms with Crippen molar-refractivity contribution in [2.45, 2.75) is 56.1 Å². The van der Waals surface area contributed by atoms with Crippen LogP contribution in [0.4, 0.5) is 4.79 Å². The Morgan fingerprint density at radius 3 is 1.70 bits per heavy atom. The first-order chi connectivity index (χ1) is 12.5. The Bertz CT molecular complexity index is 876. The Balaban J connectivity index is 2.14. The minimum Gasteiger partial charge on any atom is -0.491 e. The molecule has 7 heteroatoms. The second kappa shape index (κ2) is 8.00. The lowest BCUT2D eigenvalue weighted by Gasteiger charge is -2.18. The van der Waals surface area contributed by atoms with Gasteiger partial charge in [-0.3, -0.25) is 0 Å². The molecule has 0 aromatic heterocycles. The van der Waals surface area contributed by atoms with E-state index in [0.717, 1.165) is 0 Å². The van der Waals surface area contributed by atoms with Crippen molar-refractivity contribution in [3.05, 3.63) is 48.5 Å². The molecule has 0 bridgehead atoms. The fourth-order valence-corrected chi connectivity index (χ4v) is 3.42. The molecule has 0 spiro atoms. The molecule has 0 saturated carbocycles. The van der Waals surface area contributed by atoms with Crippen molar-refractivity contribution in [2.75, 3.05) is 0 Å². The molecule has 2 aromatic carbocycles. The van der Waals surface area contributed by atoms with E-state index < -0.39 is 21.6 Å². The fraction of sp³-hybridized carbons (Fsp3) is 0.350. The second-order valence-electron chi connectivity index (χ2n) is 7.18. The van der Waals surface area contributed by atoms with Crippen LogP contribution in [0.2, 0.25) is 0 Å². The number of carbonyl (C=O) groups is 1. The van der Waals surface area contributed by atoms with Crippen LogP contribution in [0, 0.1) is 0 Å². The third kappa shape index (κ3) is 5.99. The highest BCUT2D eigenvalue weighted by Gasteiger charge is 2.20. The molecule has 0 radical (unpaired) electrons. The monoisotopic (exact) mass is 392 g/mol. The molecule has 0 fully saturated rings. The zero-order valence-corrected chi connectivity index (χ0v) is 16.9. The Labute approximate surface area is 160 Å². The maximum Gasteiger partial charge on any atom is 0.514 e. The van der Waals surface area contributed by atoms with Gasteiger partial charge in [0.2, 0.25) is 9.84 Å². The zero-order valence-electron chi connectivity index (χ0n) is 16.1. The van der Waals surface area contributed by atoms with Crippen LogP contribution in [-0.2, 0) is 14.6 Å². The van der Waals surface area contributed by atoms with Gasteiger partial charge < -0.3 is 14.2 Å². The Kier molecular flexibility index (Phi) is 6.15. The maximum absolute atomic E-state index is 12.7. The second-order valence-corrected chi connectivity index (χ2v) is 9.13. The molecular formula is C20H24O6S. The van der Waals surface area contributed by atoms with Crippen molar-refractivity contribution in [3.8, 4) is 11.5 Å². The van der Waals surface area contributed by atoms with Gasteiger partial charge >= 0.3 is 6.16 Å². The predicted molar refractivity (Wildman–Crippen MR) is 101 cm³/mol. The number of hydrogen-bond donors (Lipinski definition) is 0. The highest BCUT2D eigenvalue weighted by molar-refractivity contribution is 7.91. The SMILES string of the molecule is CC(C)Oc1ccc(S(=O)(=O)c2ccc(OC(=O)OC(C)(C)C)cc2)cc1. The molecule has 2 rings (SSSR count). The molecule has 0 saturated heterocycles. The van der Waals surface area contributed by atoms with Crippen LogP contribution in [0.5, 0.6) is 11.5 Å². The summed E-state index contributed by atoms with van der Waals surface area (Å²) < 4.78 is 41.0. The van der Waals surface area contributed by atoms with E-state index in [1.165, 1.54) is 36.4 Å². The Morgan fingerprint density at radius 2 is 1.30 bits per heavy atom. The molecular weight excluding hydrogens is 368 g/mol. The summed E-state index contributed by atoms with van der Waals surface area (Å²) >= 11 is 0. The van der Waals surface area contributed by atoms with Crippen molar-refractivity contribution in [1.82, 2.24) is 0 Å². The van der Waals surface area contributed by atoms with Gasteiger partial charge in [0.15, 0.2) is 0 Å². The van der Waals surface area contributed by atoms with Gasteiger partial charge in [0.1, 0.15) is 17.1 Å². The highest BCUT2D eigenvalue weighted by Crippen LogP contribution is 2.25. The zero-order chi connectivity index (χ0) is 20.2. The normalized spacial score (nSPS) is 11.9. The summed E-state index contributed by atoms with van der Waals surface area (Å²) in [7, 11) is -3.69. The molecule has 0 atom stereocenters. The van der Waals surface area contributed by atoms with E-state index in [-0.39, 0.29) is 21.6 Å². The van der Waals surface area contributed by atoms with Crippen LogP contribution in [-0.4, -0.2) is 26.3 Å². The lowest BCUT2D eigenvalue weighted by atomic mass is 10.2. The van der Waals surface area contributed by atoms with Crippen molar-refractivity contribution in [1.29, 1.82) is 0 Å². The van der Waals surface area contributed by atoms with Gasteiger partial charge in [0.05, 0.1) is 15.9 Å². The van der Waals surface area contributed by atoms with Gasteiger partial charge in [-0.05, 0) is 83.1 Å². The minimum atomic E-state index is -3.69. The van der Waals surface area contributed by atoms with Crippen LogP contribution < -0.4 is 9.47 Å². The van der Waals surface area contributed by atoms with Crippen molar-refractivity contribution in [3.63, 3.8) is 0 Å². The van der Waals surface area contributed by atoms with Crippen molar-refractivity contribution >= 4 is 16.0 Å². The number of hydrogen-bond acceptors (Lipinski definition) is 6. The third-order valence-corrected chi connectivity index (χ3v) is 5.02. The molecule has 0 amide bonds. The molecule has 0 aliphatic carbocycles. The van der Waals surface area contributed by atoms with Crippen molar-refractivity contribution in [2.24, 2.45) is 0 Å². The van der Waals surface area contributed by atoms with Gasteiger partial charge in [0, 0.05) is 0 Å². The van der Waals surface area contributed by atoms with E-state index in [9.17, 15) is 13.2 Å². The maximum atomic E-state index is 12.7. The molecule has 6 nitrogen and oxygen atoms in total. The van der Waals surface area contributed by atoms with Gasteiger partial charge in [0.25, 0.3) is 0 Å². The predicted octanol–water partition coefficient (Wildman–Crippen LogP) is 4.62.